The van der Waals surface area contributed by atoms with Gasteiger partial charge < -0.3 is 10.4 Å². The molecule has 1 amide bonds. The zero-order chi connectivity index (χ0) is 13.7. The van der Waals surface area contributed by atoms with Crippen LogP contribution in [0.4, 0.5) is 4.39 Å². The highest BCUT2D eigenvalue weighted by Gasteiger charge is 2.21. The largest absolute Gasteiger partial charge is 0.480 e. The Bertz CT molecular complexity index is 431. The van der Waals surface area contributed by atoms with E-state index in [1.807, 2.05) is 13.8 Å². The summed E-state index contributed by atoms with van der Waals surface area (Å²) in [5.74, 6) is -2.22. The van der Waals surface area contributed by atoms with Crippen LogP contribution in [0.2, 0.25) is 0 Å². The molecule has 0 saturated heterocycles. The molecule has 0 aliphatic carbocycles. The number of amides is 1. The number of carbonyl (C=O) groups is 2. The lowest BCUT2D eigenvalue weighted by atomic mass is 10.0. The third-order valence-corrected chi connectivity index (χ3v) is 2.30. The number of rotatable bonds is 5. The Morgan fingerprint density at radius 1 is 1.44 bits per heavy atom. The average molecular weight is 254 g/mol. The van der Waals surface area contributed by atoms with Crippen LogP contribution in [-0.2, 0) is 4.79 Å². The zero-order valence-electron chi connectivity index (χ0n) is 10.2. The van der Waals surface area contributed by atoms with Crippen LogP contribution in [-0.4, -0.2) is 28.0 Å². The summed E-state index contributed by atoms with van der Waals surface area (Å²) in [7, 11) is 0. The molecule has 0 aromatic carbocycles. The van der Waals surface area contributed by atoms with Gasteiger partial charge in [0.1, 0.15) is 6.04 Å². The quantitative estimate of drug-likeness (QED) is 0.779. The van der Waals surface area contributed by atoms with Gasteiger partial charge in [0.15, 0.2) is 0 Å². The maximum absolute atomic E-state index is 12.6. The summed E-state index contributed by atoms with van der Waals surface area (Å²) < 4.78 is 12.6. The summed E-state index contributed by atoms with van der Waals surface area (Å²) >= 11 is 0. The van der Waals surface area contributed by atoms with Crippen LogP contribution in [0.5, 0.6) is 0 Å². The highest BCUT2D eigenvalue weighted by atomic mass is 19.1. The van der Waals surface area contributed by atoms with Gasteiger partial charge in [0, 0.05) is 6.20 Å². The van der Waals surface area contributed by atoms with Gasteiger partial charge in [-0.05, 0) is 24.5 Å². The van der Waals surface area contributed by atoms with E-state index >= 15 is 0 Å². The van der Waals surface area contributed by atoms with Gasteiger partial charge in [-0.1, -0.05) is 13.8 Å². The van der Waals surface area contributed by atoms with Crippen LogP contribution in [0.15, 0.2) is 18.3 Å². The Labute approximate surface area is 104 Å². The molecule has 1 aromatic heterocycles. The molecular formula is C12H15FN2O3. The molecular weight excluding hydrogens is 239 g/mol. The summed E-state index contributed by atoms with van der Waals surface area (Å²) in [6.07, 6.45) is 1.40. The number of halogens is 1. The van der Waals surface area contributed by atoms with Gasteiger partial charge in [0.2, 0.25) is 5.95 Å². The van der Waals surface area contributed by atoms with Gasteiger partial charge in [-0.3, -0.25) is 4.79 Å². The first kappa shape index (κ1) is 14.1. The van der Waals surface area contributed by atoms with Crippen molar-refractivity contribution in [3.63, 3.8) is 0 Å². The molecule has 0 aliphatic rings. The minimum atomic E-state index is -1.09. The van der Waals surface area contributed by atoms with Crippen LogP contribution in [0.25, 0.3) is 0 Å². The Kier molecular flexibility index (Phi) is 4.76. The lowest BCUT2D eigenvalue weighted by Crippen LogP contribution is -2.41. The first-order chi connectivity index (χ1) is 8.40. The normalized spacial score (nSPS) is 12.2. The molecule has 0 spiro atoms. The third-order valence-electron chi connectivity index (χ3n) is 2.30. The van der Waals surface area contributed by atoms with Crippen molar-refractivity contribution in [3.8, 4) is 0 Å². The van der Waals surface area contributed by atoms with E-state index < -0.39 is 23.9 Å². The number of carbonyl (C=O) groups excluding carboxylic acids is 1. The van der Waals surface area contributed by atoms with Crippen molar-refractivity contribution in [2.75, 3.05) is 0 Å². The topological polar surface area (TPSA) is 79.3 Å². The molecule has 0 bridgehead atoms. The predicted octanol–water partition coefficient (Wildman–Crippen LogP) is 1.45. The highest BCUT2D eigenvalue weighted by Crippen LogP contribution is 2.06. The predicted molar refractivity (Wildman–Crippen MR) is 62.5 cm³/mol. The van der Waals surface area contributed by atoms with E-state index in [2.05, 4.69) is 10.3 Å². The van der Waals surface area contributed by atoms with E-state index in [1.165, 1.54) is 6.07 Å². The van der Waals surface area contributed by atoms with E-state index in [1.54, 1.807) is 0 Å². The van der Waals surface area contributed by atoms with Gasteiger partial charge in [0.05, 0.1) is 5.56 Å². The van der Waals surface area contributed by atoms with Crippen molar-refractivity contribution < 1.29 is 19.1 Å². The molecule has 1 heterocycles. The Morgan fingerprint density at radius 2 is 2.11 bits per heavy atom. The molecule has 6 heteroatoms. The molecule has 98 valence electrons. The third kappa shape index (κ3) is 4.12. The van der Waals surface area contributed by atoms with Gasteiger partial charge in [-0.25, -0.2) is 9.78 Å². The molecule has 1 rings (SSSR count). The van der Waals surface area contributed by atoms with Crippen molar-refractivity contribution in [2.45, 2.75) is 26.3 Å². The van der Waals surface area contributed by atoms with Gasteiger partial charge in [-0.15, -0.1) is 0 Å². The van der Waals surface area contributed by atoms with E-state index in [0.29, 0.717) is 6.42 Å². The molecule has 0 radical (unpaired) electrons. The number of carboxylic acid groups (broad SMARTS) is 1. The van der Waals surface area contributed by atoms with E-state index in [-0.39, 0.29) is 11.5 Å². The Morgan fingerprint density at radius 3 is 2.56 bits per heavy atom. The number of aromatic nitrogens is 1. The van der Waals surface area contributed by atoms with Crippen LogP contribution >= 0.6 is 0 Å². The second-order valence-corrected chi connectivity index (χ2v) is 4.36. The molecule has 5 nitrogen and oxygen atoms in total. The lowest BCUT2D eigenvalue weighted by Gasteiger charge is -2.16. The molecule has 0 unspecified atom stereocenters. The first-order valence-electron chi connectivity index (χ1n) is 5.55. The lowest BCUT2D eigenvalue weighted by molar-refractivity contribution is -0.139. The molecule has 1 aromatic rings. The minimum absolute atomic E-state index is 0.131. The monoisotopic (exact) mass is 254 g/mol. The Hall–Kier alpha value is -1.98. The minimum Gasteiger partial charge on any atom is -0.480 e. The molecule has 1 atom stereocenters. The summed E-state index contributed by atoms with van der Waals surface area (Å²) in [5, 5.41) is 11.4. The fraction of sp³-hybridized carbons (Fsp3) is 0.417. The van der Waals surface area contributed by atoms with Crippen molar-refractivity contribution in [2.24, 2.45) is 5.92 Å². The molecule has 0 fully saturated rings. The van der Waals surface area contributed by atoms with Crippen molar-refractivity contribution in [1.82, 2.24) is 10.3 Å². The van der Waals surface area contributed by atoms with Gasteiger partial charge in [-0.2, -0.15) is 4.39 Å². The van der Waals surface area contributed by atoms with Crippen molar-refractivity contribution in [3.05, 3.63) is 29.8 Å². The number of nitrogens with zero attached hydrogens (tertiary/aromatic N) is 1. The zero-order valence-corrected chi connectivity index (χ0v) is 10.2. The van der Waals surface area contributed by atoms with E-state index in [0.717, 1.165) is 12.3 Å². The van der Waals surface area contributed by atoms with Crippen LogP contribution in [0, 0.1) is 11.9 Å². The smallest absolute Gasteiger partial charge is 0.326 e. The number of carboxylic acids is 1. The second kappa shape index (κ2) is 6.09. The van der Waals surface area contributed by atoms with Crippen LogP contribution in [0.3, 0.4) is 0 Å². The average Bonchev–Trinajstić information content (AvgIpc) is 2.28. The molecule has 0 aliphatic heterocycles. The summed E-state index contributed by atoms with van der Waals surface area (Å²) in [6, 6.07) is 1.35. The van der Waals surface area contributed by atoms with E-state index in [4.69, 9.17) is 5.11 Å². The first-order valence-corrected chi connectivity index (χ1v) is 5.55. The number of hydrogen-bond acceptors (Lipinski definition) is 3. The highest BCUT2D eigenvalue weighted by molar-refractivity contribution is 5.96. The Balaban J connectivity index is 2.72. The van der Waals surface area contributed by atoms with Crippen LogP contribution < -0.4 is 5.32 Å². The van der Waals surface area contributed by atoms with Gasteiger partial charge in [0.25, 0.3) is 5.91 Å². The molecule has 2 N–H and O–H groups in total. The fourth-order valence-corrected chi connectivity index (χ4v) is 1.44. The number of pyridine rings is 1. The molecule has 18 heavy (non-hydrogen) atoms. The summed E-state index contributed by atoms with van der Waals surface area (Å²) in [6.45, 7) is 3.73. The maximum atomic E-state index is 12.6. The van der Waals surface area contributed by atoms with Crippen molar-refractivity contribution in [1.29, 1.82) is 0 Å². The maximum Gasteiger partial charge on any atom is 0.326 e. The fourth-order valence-electron chi connectivity index (χ4n) is 1.44. The number of aliphatic carboxylic acids is 1. The number of nitrogens with one attached hydrogen (secondary N) is 1. The number of hydrogen-bond donors (Lipinski definition) is 2. The van der Waals surface area contributed by atoms with E-state index in [9.17, 15) is 14.0 Å². The standard InChI is InChI=1S/C12H15FN2O3/c1-7(2)5-9(12(17)18)15-11(16)8-3-4-10(13)14-6-8/h3-4,6-7,9H,5H2,1-2H3,(H,15,16)(H,17,18)/t9-/m0/s1. The summed E-state index contributed by atoms with van der Waals surface area (Å²) in [4.78, 5) is 26.0. The SMILES string of the molecule is CC(C)C[C@H](NC(=O)c1ccc(F)nc1)C(=O)O. The van der Waals surface area contributed by atoms with Crippen molar-refractivity contribution >= 4 is 11.9 Å². The second-order valence-electron chi connectivity index (χ2n) is 4.36. The molecule has 0 saturated carbocycles. The summed E-state index contributed by atoms with van der Waals surface area (Å²) in [5.41, 5.74) is 0.131. The van der Waals surface area contributed by atoms with Crippen LogP contribution in [0.1, 0.15) is 30.6 Å². The van der Waals surface area contributed by atoms with Gasteiger partial charge >= 0.3 is 5.97 Å².